The van der Waals surface area contributed by atoms with Gasteiger partial charge >= 0.3 is 0 Å². The second-order valence-electron chi connectivity index (χ2n) is 15.5. The van der Waals surface area contributed by atoms with Gasteiger partial charge in [0.1, 0.15) is 6.04 Å². The summed E-state index contributed by atoms with van der Waals surface area (Å²) in [7, 11) is 5.46. The van der Waals surface area contributed by atoms with Gasteiger partial charge in [-0.1, -0.05) is 33.8 Å². The molecule has 2 amide bonds. The van der Waals surface area contributed by atoms with Crippen LogP contribution in [0.4, 0.5) is 0 Å². The maximum Gasteiger partial charge on any atom is 0.293 e. The number of thiazole rings is 1. The van der Waals surface area contributed by atoms with Crippen molar-refractivity contribution in [2.75, 3.05) is 40.9 Å². The number of methoxy groups -OCH3 is 1. The van der Waals surface area contributed by atoms with Crippen molar-refractivity contribution >= 4 is 40.5 Å². The second kappa shape index (κ2) is 18.0. The number of aromatic nitrogens is 3. The molecule has 3 aromatic heterocycles. The van der Waals surface area contributed by atoms with Crippen LogP contribution in [0, 0.1) is 11.3 Å². The van der Waals surface area contributed by atoms with Gasteiger partial charge in [0.25, 0.3) is 12.4 Å². The van der Waals surface area contributed by atoms with Crippen LogP contribution >= 0.6 is 11.3 Å². The molecule has 1 saturated heterocycles. The number of fused-ring (bicyclic) bond motifs is 1. The Bertz CT molecular complexity index is 1900. The number of benzene rings is 1. The first-order valence-corrected chi connectivity index (χ1v) is 19.8. The van der Waals surface area contributed by atoms with Crippen LogP contribution in [0.1, 0.15) is 76.8 Å². The lowest BCUT2D eigenvalue weighted by molar-refractivity contribution is -0.141. The van der Waals surface area contributed by atoms with E-state index in [2.05, 4.69) is 60.3 Å². The number of ether oxygens (including phenoxy) is 2. The maximum absolute atomic E-state index is 13.9. The van der Waals surface area contributed by atoms with E-state index in [0.717, 1.165) is 75.6 Å². The number of hydrazine groups is 1. The van der Waals surface area contributed by atoms with E-state index < -0.39 is 6.04 Å². The normalized spacial score (nSPS) is 15.4. The Kier molecular flexibility index (Phi) is 13.6. The number of hydrogen-bond donors (Lipinski definition) is 2. The molecule has 2 N–H and O–H groups in total. The van der Waals surface area contributed by atoms with Crippen LogP contribution in [0.25, 0.3) is 33.4 Å². The van der Waals surface area contributed by atoms with Gasteiger partial charge in [0, 0.05) is 72.2 Å². The minimum absolute atomic E-state index is 0.0643. The molecule has 0 bridgehead atoms. The summed E-state index contributed by atoms with van der Waals surface area (Å²) in [6.45, 7) is 15.2. The number of likely N-dealkylation sites (N-methyl/N-ethyl adjacent to an activating group) is 1. The minimum atomic E-state index is -0.766. The van der Waals surface area contributed by atoms with E-state index in [0.29, 0.717) is 19.4 Å². The van der Waals surface area contributed by atoms with Crippen molar-refractivity contribution in [3.8, 4) is 22.5 Å². The molecule has 3 atom stereocenters. The molecule has 292 valence electrons. The molecular weight excluding hydrogens is 703 g/mol. The predicted molar refractivity (Wildman–Crippen MR) is 214 cm³/mol. The van der Waals surface area contributed by atoms with Crippen molar-refractivity contribution in [3.63, 3.8) is 0 Å². The van der Waals surface area contributed by atoms with Gasteiger partial charge < -0.3 is 19.4 Å². The van der Waals surface area contributed by atoms with Gasteiger partial charge in [-0.15, -0.1) is 11.3 Å². The third-order valence-electron chi connectivity index (χ3n) is 10.2. The van der Waals surface area contributed by atoms with Gasteiger partial charge in [-0.05, 0) is 83.0 Å². The van der Waals surface area contributed by atoms with Gasteiger partial charge in [0.15, 0.2) is 0 Å². The Morgan fingerprint density at radius 1 is 1.17 bits per heavy atom. The zero-order valence-corrected chi connectivity index (χ0v) is 34.1. The first-order valence-electron chi connectivity index (χ1n) is 18.9. The van der Waals surface area contributed by atoms with Crippen LogP contribution in [-0.4, -0.2) is 95.7 Å². The number of pyridine rings is 1. The molecule has 54 heavy (non-hydrogen) atoms. The predicted octanol–water partition coefficient (Wildman–Crippen LogP) is 6.04. The monoisotopic (exact) mass is 759 g/mol. The van der Waals surface area contributed by atoms with Crippen LogP contribution in [0.15, 0.2) is 41.9 Å². The van der Waals surface area contributed by atoms with Gasteiger partial charge in [-0.2, -0.15) is 0 Å². The van der Waals surface area contributed by atoms with Crippen molar-refractivity contribution in [2.24, 2.45) is 11.3 Å². The number of carbonyl (C=O) groups excluding carboxylic acids is 3. The highest BCUT2D eigenvalue weighted by Crippen LogP contribution is 2.41. The van der Waals surface area contributed by atoms with Gasteiger partial charge in [-0.3, -0.25) is 29.3 Å². The molecule has 1 aromatic carbocycles. The van der Waals surface area contributed by atoms with E-state index in [4.69, 9.17) is 19.4 Å². The van der Waals surface area contributed by atoms with Crippen molar-refractivity contribution in [1.29, 1.82) is 0 Å². The standard InChI is InChI=1S/C41H57N7O5S/c1-10-47-34-16-15-28(20-30(34)31(22-41(5,6)24-53-25-49)38(47)29-14-13-17-42-36(29)27(4)52-9)33-23-54-35(44-33)21-32(40(51)48-19-12-11-18-43-48)45-39(50)37(26(2)3)46(7)8/h13-17,20,23,25-27,32,37,43H,10-12,18-19,21-22,24H2,1-9H3,(H,45,50). The average Bonchev–Trinajstić information content (AvgIpc) is 3.74. The van der Waals surface area contributed by atoms with E-state index in [-0.39, 0.29) is 48.3 Å². The number of hydrogen-bond acceptors (Lipinski definition) is 10. The topological polar surface area (TPSA) is 131 Å². The highest BCUT2D eigenvalue weighted by Gasteiger charge is 2.33. The number of carbonyl (C=O) groups is 3. The maximum atomic E-state index is 13.9. The van der Waals surface area contributed by atoms with Crippen LogP contribution in [0.5, 0.6) is 0 Å². The molecule has 0 saturated carbocycles. The number of nitrogens with zero attached hydrogens (tertiary/aromatic N) is 5. The zero-order chi connectivity index (χ0) is 39.2. The fourth-order valence-electron chi connectivity index (χ4n) is 7.61. The number of aryl methyl sites for hydroxylation is 1. The highest BCUT2D eigenvalue weighted by molar-refractivity contribution is 7.10. The third-order valence-corrected chi connectivity index (χ3v) is 11.1. The summed E-state index contributed by atoms with van der Waals surface area (Å²) in [5.74, 6) is -0.261. The molecular formula is C41H57N7O5S. The molecule has 1 aliphatic rings. The minimum Gasteiger partial charge on any atom is -0.467 e. The van der Waals surface area contributed by atoms with Crippen molar-refractivity contribution < 1.29 is 23.9 Å². The lowest BCUT2D eigenvalue weighted by Gasteiger charge is -2.33. The van der Waals surface area contributed by atoms with E-state index in [1.807, 2.05) is 51.2 Å². The zero-order valence-electron chi connectivity index (χ0n) is 33.3. The Labute approximate surface area is 323 Å². The molecule has 5 rings (SSSR count). The lowest BCUT2D eigenvalue weighted by Crippen LogP contribution is -2.58. The average molecular weight is 760 g/mol. The summed E-state index contributed by atoms with van der Waals surface area (Å²) in [6, 6.07) is 9.34. The number of rotatable bonds is 17. The Balaban J connectivity index is 1.56. The van der Waals surface area contributed by atoms with E-state index in [9.17, 15) is 14.4 Å². The number of nitrogens with one attached hydrogen (secondary N) is 2. The van der Waals surface area contributed by atoms with Crippen LogP contribution in [-0.2, 0) is 43.2 Å². The van der Waals surface area contributed by atoms with Crippen LogP contribution < -0.4 is 10.7 Å². The Hall–Kier alpha value is -4.17. The molecule has 4 heterocycles. The van der Waals surface area contributed by atoms with Gasteiger partial charge in [0.05, 0.1) is 40.8 Å². The van der Waals surface area contributed by atoms with Crippen molar-refractivity contribution in [2.45, 2.75) is 92.0 Å². The summed E-state index contributed by atoms with van der Waals surface area (Å²) in [5, 5.41) is 8.61. The number of amides is 2. The van der Waals surface area contributed by atoms with E-state index >= 15 is 0 Å². The van der Waals surface area contributed by atoms with E-state index in [1.54, 1.807) is 18.3 Å². The molecule has 4 aromatic rings. The molecule has 0 aliphatic carbocycles. The first kappa shape index (κ1) is 41.0. The largest absolute Gasteiger partial charge is 0.467 e. The van der Waals surface area contributed by atoms with Crippen molar-refractivity contribution in [1.82, 2.24) is 35.2 Å². The second-order valence-corrected chi connectivity index (χ2v) is 16.5. The van der Waals surface area contributed by atoms with Crippen molar-refractivity contribution in [3.05, 3.63) is 58.2 Å². The Morgan fingerprint density at radius 2 is 1.94 bits per heavy atom. The fourth-order valence-corrected chi connectivity index (χ4v) is 8.46. The summed E-state index contributed by atoms with van der Waals surface area (Å²) in [5.41, 5.74) is 9.73. The molecule has 0 spiro atoms. The Morgan fingerprint density at radius 3 is 2.59 bits per heavy atom. The van der Waals surface area contributed by atoms with Gasteiger partial charge in [0.2, 0.25) is 5.91 Å². The van der Waals surface area contributed by atoms with Crippen LogP contribution in [0.2, 0.25) is 0 Å². The molecule has 1 aliphatic heterocycles. The lowest BCUT2D eigenvalue weighted by atomic mass is 9.84. The summed E-state index contributed by atoms with van der Waals surface area (Å²) in [6.07, 6.45) is 4.40. The molecule has 1 fully saturated rings. The van der Waals surface area contributed by atoms with E-state index in [1.165, 1.54) is 11.3 Å². The molecule has 12 nitrogen and oxygen atoms in total. The summed E-state index contributed by atoms with van der Waals surface area (Å²) < 4.78 is 13.4. The third kappa shape index (κ3) is 9.19. The summed E-state index contributed by atoms with van der Waals surface area (Å²) in [4.78, 5) is 50.4. The molecule has 0 radical (unpaired) electrons. The highest BCUT2D eigenvalue weighted by atomic mass is 32.1. The SMILES string of the molecule is CCn1c(-c2cccnc2C(C)OC)c(CC(C)(C)COC=O)c2cc(-c3csc(CC(NC(=O)C(C(C)C)N(C)C)C(=O)N4CCCCN4)n3)ccc21. The first-order chi connectivity index (χ1) is 25.8. The van der Waals surface area contributed by atoms with Crippen LogP contribution in [0.3, 0.4) is 0 Å². The smallest absolute Gasteiger partial charge is 0.293 e. The summed E-state index contributed by atoms with van der Waals surface area (Å²) >= 11 is 1.49. The molecule has 3 unspecified atom stereocenters. The quantitative estimate of drug-likeness (QED) is 0.124. The molecule has 13 heteroatoms. The fraction of sp³-hybridized carbons (Fsp3) is 0.537. The van der Waals surface area contributed by atoms with Gasteiger partial charge in [-0.25, -0.2) is 10.4 Å².